The lowest BCUT2D eigenvalue weighted by molar-refractivity contribution is -0.158. The van der Waals surface area contributed by atoms with Gasteiger partial charge in [0.15, 0.2) is 0 Å². The van der Waals surface area contributed by atoms with Crippen molar-refractivity contribution in [3.05, 3.63) is 11.6 Å². The van der Waals surface area contributed by atoms with E-state index in [9.17, 15) is 19.5 Å². The van der Waals surface area contributed by atoms with Gasteiger partial charge in [-0.05, 0) is 38.0 Å². The highest BCUT2D eigenvalue weighted by atomic mass is 16.6. The van der Waals surface area contributed by atoms with E-state index in [-0.39, 0.29) is 47.5 Å². The molecule has 0 aromatic heterocycles. The maximum atomic E-state index is 13.0. The Balaban J connectivity index is 1.57. The Bertz CT molecular complexity index is 910. The molecule has 3 saturated carbocycles. The number of carbonyl (C=O) groups is 3. The maximum Gasteiger partial charge on any atom is 0.312 e. The van der Waals surface area contributed by atoms with Gasteiger partial charge in [0.05, 0.1) is 31.8 Å². The van der Waals surface area contributed by atoms with E-state index < -0.39 is 22.5 Å². The molecule has 7 nitrogen and oxygen atoms in total. The Morgan fingerprint density at radius 3 is 2.66 bits per heavy atom. The lowest BCUT2D eigenvalue weighted by atomic mass is 9.44. The lowest BCUT2D eigenvalue weighted by Gasteiger charge is -2.57. The number of epoxide rings is 1. The van der Waals surface area contributed by atoms with Gasteiger partial charge in [-0.2, -0.15) is 0 Å². The van der Waals surface area contributed by atoms with Crippen molar-refractivity contribution in [2.75, 3.05) is 14.2 Å². The Labute approximate surface area is 188 Å². The first kappa shape index (κ1) is 22.1. The van der Waals surface area contributed by atoms with Crippen molar-refractivity contribution in [2.24, 2.45) is 28.6 Å². The SMILES string of the molecule is COC(=O)CC[C@]1(O)CC[C@H]2[C@@H]3[C@H](C(=O)OC)C=C4CC(=O)CC[C@]4(C)C34O[C@@H]4C[C@@]21C. The largest absolute Gasteiger partial charge is 0.469 e. The quantitative estimate of drug-likeness (QED) is 0.402. The summed E-state index contributed by atoms with van der Waals surface area (Å²) in [6, 6.07) is 0. The van der Waals surface area contributed by atoms with Crippen molar-refractivity contribution < 1.29 is 33.7 Å². The molecular weight excluding hydrogens is 412 g/mol. The van der Waals surface area contributed by atoms with Crippen LogP contribution in [0.5, 0.6) is 0 Å². The Hall–Kier alpha value is -1.73. The van der Waals surface area contributed by atoms with Crippen molar-refractivity contribution in [3.8, 4) is 0 Å². The molecule has 1 N–H and O–H groups in total. The zero-order valence-corrected chi connectivity index (χ0v) is 19.4. The molecular formula is C25H34O7. The van der Waals surface area contributed by atoms with Crippen LogP contribution in [0.4, 0.5) is 0 Å². The molecule has 0 aromatic carbocycles. The number of methoxy groups -OCH3 is 2. The average Bonchev–Trinajstić information content (AvgIpc) is 3.43. The number of esters is 2. The molecule has 1 saturated heterocycles. The van der Waals surface area contributed by atoms with Gasteiger partial charge in [-0.3, -0.25) is 14.4 Å². The van der Waals surface area contributed by atoms with E-state index in [0.29, 0.717) is 32.1 Å². The van der Waals surface area contributed by atoms with Crippen LogP contribution in [0.2, 0.25) is 0 Å². The van der Waals surface area contributed by atoms with Gasteiger partial charge in [0.25, 0.3) is 0 Å². The fourth-order valence-electron chi connectivity index (χ4n) is 8.23. The smallest absolute Gasteiger partial charge is 0.312 e. The van der Waals surface area contributed by atoms with Gasteiger partial charge in [-0.25, -0.2) is 0 Å². The van der Waals surface area contributed by atoms with E-state index in [1.165, 1.54) is 14.2 Å². The molecule has 1 unspecified atom stereocenters. The van der Waals surface area contributed by atoms with Crippen LogP contribution in [-0.4, -0.2) is 54.4 Å². The fraction of sp³-hybridized carbons (Fsp3) is 0.800. The zero-order chi connectivity index (χ0) is 23.1. The summed E-state index contributed by atoms with van der Waals surface area (Å²) in [6.07, 6.45) is 6.11. The molecule has 5 rings (SSSR count). The highest BCUT2D eigenvalue weighted by Crippen LogP contribution is 2.77. The van der Waals surface area contributed by atoms with Gasteiger partial charge in [-0.1, -0.05) is 25.5 Å². The third kappa shape index (κ3) is 2.58. The molecule has 32 heavy (non-hydrogen) atoms. The molecule has 4 fully saturated rings. The number of rotatable bonds is 4. The Morgan fingerprint density at radius 1 is 1.22 bits per heavy atom. The Kier molecular flexibility index (Phi) is 4.75. The molecule has 7 heteroatoms. The molecule has 1 aliphatic heterocycles. The topological polar surface area (TPSA) is 102 Å². The summed E-state index contributed by atoms with van der Waals surface area (Å²) in [5.74, 6) is -0.969. The van der Waals surface area contributed by atoms with Crippen molar-refractivity contribution >= 4 is 17.7 Å². The predicted octanol–water partition coefficient (Wildman–Crippen LogP) is 2.73. The number of hydrogen-bond acceptors (Lipinski definition) is 7. The van der Waals surface area contributed by atoms with Crippen LogP contribution in [0.25, 0.3) is 0 Å². The fourth-order valence-corrected chi connectivity index (χ4v) is 8.23. The summed E-state index contributed by atoms with van der Waals surface area (Å²) in [5.41, 5.74) is -1.25. The van der Waals surface area contributed by atoms with Gasteiger partial charge in [-0.15, -0.1) is 0 Å². The lowest BCUT2D eigenvalue weighted by Crippen LogP contribution is -2.62. The summed E-state index contributed by atoms with van der Waals surface area (Å²) in [4.78, 5) is 37.1. The van der Waals surface area contributed by atoms with E-state index in [0.717, 1.165) is 18.4 Å². The van der Waals surface area contributed by atoms with Gasteiger partial charge < -0.3 is 19.3 Å². The summed E-state index contributed by atoms with van der Waals surface area (Å²) in [5, 5.41) is 11.8. The summed E-state index contributed by atoms with van der Waals surface area (Å²) < 4.78 is 16.6. The monoisotopic (exact) mass is 446 g/mol. The predicted molar refractivity (Wildman–Crippen MR) is 113 cm³/mol. The molecule has 1 spiro atoms. The van der Waals surface area contributed by atoms with Crippen LogP contribution < -0.4 is 0 Å². The molecule has 0 bridgehead atoms. The van der Waals surface area contributed by atoms with Gasteiger partial charge >= 0.3 is 11.9 Å². The summed E-state index contributed by atoms with van der Waals surface area (Å²) in [6.45, 7) is 4.31. The normalized spacial score (nSPS) is 48.5. The Morgan fingerprint density at radius 2 is 1.97 bits per heavy atom. The molecule has 0 radical (unpaired) electrons. The second-order valence-electron chi connectivity index (χ2n) is 11.1. The van der Waals surface area contributed by atoms with Crippen molar-refractivity contribution in [2.45, 2.75) is 82.5 Å². The number of ether oxygens (including phenoxy) is 3. The zero-order valence-electron chi connectivity index (χ0n) is 19.4. The van der Waals surface area contributed by atoms with Gasteiger partial charge in [0, 0.05) is 36.0 Å². The van der Waals surface area contributed by atoms with Crippen LogP contribution in [-0.2, 0) is 28.6 Å². The van der Waals surface area contributed by atoms with Crippen LogP contribution in [0.1, 0.15) is 65.2 Å². The number of aliphatic hydroxyl groups is 1. The first-order valence-corrected chi connectivity index (χ1v) is 11.8. The highest BCUT2D eigenvalue weighted by Gasteiger charge is 2.82. The van der Waals surface area contributed by atoms with E-state index in [1.807, 2.05) is 6.08 Å². The van der Waals surface area contributed by atoms with Gasteiger partial charge in [0.1, 0.15) is 11.4 Å². The molecule has 1 heterocycles. The number of fused-ring (bicyclic) bond motifs is 3. The maximum absolute atomic E-state index is 13.0. The minimum atomic E-state index is -1.02. The number of hydrogen-bond donors (Lipinski definition) is 1. The minimum absolute atomic E-state index is 0.0558. The van der Waals surface area contributed by atoms with Crippen molar-refractivity contribution in [3.63, 3.8) is 0 Å². The van der Waals surface area contributed by atoms with E-state index in [4.69, 9.17) is 14.2 Å². The van der Waals surface area contributed by atoms with Crippen LogP contribution >= 0.6 is 0 Å². The van der Waals surface area contributed by atoms with E-state index in [1.54, 1.807) is 0 Å². The molecule has 176 valence electrons. The van der Waals surface area contributed by atoms with Gasteiger partial charge in [0.2, 0.25) is 0 Å². The highest BCUT2D eigenvalue weighted by molar-refractivity contribution is 5.84. The average molecular weight is 447 g/mol. The first-order chi connectivity index (χ1) is 15.1. The number of Topliss-reactive ketones (excluding diaryl/α,β-unsaturated/α-hetero) is 1. The first-order valence-electron chi connectivity index (χ1n) is 11.8. The van der Waals surface area contributed by atoms with Crippen molar-refractivity contribution in [1.29, 1.82) is 0 Å². The number of ketones is 1. The summed E-state index contributed by atoms with van der Waals surface area (Å²) >= 11 is 0. The van der Waals surface area contributed by atoms with Crippen LogP contribution in [0, 0.1) is 28.6 Å². The molecule has 5 aliphatic rings. The minimum Gasteiger partial charge on any atom is -0.469 e. The molecule has 0 amide bonds. The molecule has 4 aliphatic carbocycles. The third-order valence-corrected chi connectivity index (χ3v) is 10.1. The molecule has 0 aromatic rings. The summed E-state index contributed by atoms with van der Waals surface area (Å²) in [7, 11) is 2.77. The van der Waals surface area contributed by atoms with E-state index >= 15 is 0 Å². The second-order valence-corrected chi connectivity index (χ2v) is 11.1. The van der Waals surface area contributed by atoms with Crippen LogP contribution in [0.3, 0.4) is 0 Å². The van der Waals surface area contributed by atoms with E-state index in [2.05, 4.69) is 13.8 Å². The second kappa shape index (κ2) is 6.89. The van der Waals surface area contributed by atoms with Crippen molar-refractivity contribution in [1.82, 2.24) is 0 Å². The standard InChI is InChI=1S/C25H34O7/c1-22-8-5-15(26)11-14(22)12-16(21(28)31-4)20-17-6-9-24(29,10-7-19(27)30-3)23(17,2)13-18-25(20,22)32-18/h12,16-18,20,29H,5-11,13H2,1-4H3/t16-,17+,18-,20+,22+,23+,24-,25?/m1/s1. The number of carbonyl (C=O) groups excluding carboxylic acids is 3. The van der Waals surface area contributed by atoms with Crippen LogP contribution in [0.15, 0.2) is 11.6 Å². The third-order valence-electron chi connectivity index (χ3n) is 10.1. The molecule has 8 atom stereocenters.